The van der Waals surface area contributed by atoms with E-state index in [2.05, 4.69) is 15.3 Å². The fourth-order valence-electron chi connectivity index (χ4n) is 1.92. The molecule has 104 valence electrons. The van der Waals surface area contributed by atoms with Crippen LogP contribution in [-0.2, 0) is 11.3 Å². The number of hydrogen-bond acceptors (Lipinski definition) is 5. The van der Waals surface area contributed by atoms with Crippen LogP contribution in [0, 0.1) is 0 Å². The molecule has 0 spiro atoms. The number of rotatable bonds is 6. The number of nitrogen functional groups attached to an aromatic ring is 1. The lowest BCUT2D eigenvalue weighted by Gasteiger charge is -2.21. The highest BCUT2D eigenvalue weighted by Gasteiger charge is 2.16. The van der Waals surface area contributed by atoms with Gasteiger partial charge in [0.2, 0.25) is 6.41 Å². The summed E-state index contributed by atoms with van der Waals surface area (Å²) in [5.41, 5.74) is 7.40. The lowest BCUT2D eigenvalue weighted by molar-refractivity contribution is -0.107. The molecule has 20 heavy (non-hydrogen) atoms. The molecule has 6 heteroatoms. The number of nitrogens with two attached hydrogens (primary N) is 1. The van der Waals surface area contributed by atoms with Gasteiger partial charge in [-0.05, 0) is 12.5 Å². The van der Waals surface area contributed by atoms with Crippen molar-refractivity contribution in [1.29, 1.82) is 0 Å². The molecule has 1 aromatic carbocycles. The maximum absolute atomic E-state index is 11.4. The molecule has 0 unspecified atom stereocenters. The molecular formula is C14H17N5O. The lowest BCUT2D eigenvalue weighted by Crippen LogP contribution is -2.24. The summed E-state index contributed by atoms with van der Waals surface area (Å²) in [6.07, 6.45) is 2.12. The highest BCUT2D eigenvalue weighted by molar-refractivity contribution is 5.87. The lowest BCUT2D eigenvalue weighted by atomic mass is 10.2. The van der Waals surface area contributed by atoms with E-state index in [4.69, 9.17) is 5.73 Å². The van der Waals surface area contributed by atoms with Crippen LogP contribution in [-0.4, -0.2) is 22.9 Å². The topological polar surface area (TPSA) is 84.1 Å². The Balaban J connectivity index is 2.34. The molecule has 0 saturated carbocycles. The molecule has 3 N–H and O–H groups in total. The van der Waals surface area contributed by atoms with Gasteiger partial charge in [0.05, 0.1) is 6.54 Å². The van der Waals surface area contributed by atoms with Crippen LogP contribution >= 0.6 is 0 Å². The first-order chi connectivity index (χ1) is 9.76. The van der Waals surface area contributed by atoms with Gasteiger partial charge in [-0.25, -0.2) is 9.97 Å². The van der Waals surface area contributed by atoms with Crippen LogP contribution in [0.15, 0.2) is 36.7 Å². The second-order valence-electron chi connectivity index (χ2n) is 4.21. The summed E-state index contributed by atoms with van der Waals surface area (Å²) < 4.78 is 0. The van der Waals surface area contributed by atoms with E-state index in [1.54, 1.807) is 0 Å². The molecule has 1 amide bonds. The number of carbonyl (C=O) groups excluding carboxylic acids is 1. The van der Waals surface area contributed by atoms with E-state index in [0.717, 1.165) is 12.0 Å². The maximum atomic E-state index is 11.4. The van der Waals surface area contributed by atoms with Crippen LogP contribution in [0.2, 0.25) is 0 Å². The number of nitrogens with one attached hydrogen (secondary N) is 1. The van der Waals surface area contributed by atoms with Crippen LogP contribution < -0.4 is 16.0 Å². The van der Waals surface area contributed by atoms with Crippen LogP contribution in [0.25, 0.3) is 0 Å². The molecule has 0 aliphatic heterocycles. The van der Waals surface area contributed by atoms with Crippen molar-refractivity contribution in [3.05, 3.63) is 42.2 Å². The predicted molar refractivity (Wildman–Crippen MR) is 79.3 cm³/mol. The molecule has 0 fully saturated rings. The Kier molecular flexibility index (Phi) is 4.49. The highest BCUT2D eigenvalue weighted by atomic mass is 16.1. The van der Waals surface area contributed by atoms with Crippen molar-refractivity contribution in [3.63, 3.8) is 0 Å². The van der Waals surface area contributed by atoms with E-state index >= 15 is 0 Å². The molecule has 0 bridgehead atoms. The molecular weight excluding hydrogens is 254 g/mol. The van der Waals surface area contributed by atoms with E-state index in [1.807, 2.05) is 37.3 Å². The maximum Gasteiger partial charge on any atom is 0.214 e. The van der Waals surface area contributed by atoms with E-state index in [-0.39, 0.29) is 5.82 Å². The van der Waals surface area contributed by atoms with Crippen molar-refractivity contribution in [3.8, 4) is 0 Å². The minimum atomic E-state index is 0.277. The Hall–Kier alpha value is -2.63. The first kappa shape index (κ1) is 13.8. The zero-order chi connectivity index (χ0) is 14.4. The Morgan fingerprint density at radius 3 is 2.70 bits per heavy atom. The molecule has 6 nitrogen and oxygen atoms in total. The van der Waals surface area contributed by atoms with Crippen LogP contribution in [0.4, 0.5) is 17.3 Å². The van der Waals surface area contributed by atoms with Gasteiger partial charge in [-0.3, -0.25) is 4.79 Å². The molecule has 0 radical (unpaired) electrons. The normalized spacial score (nSPS) is 10.1. The van der Waals surface area contributed by atoms with Gasteiger partial charge in [-0.1, -0.05) is 30.3 Å². The Labute approximate surface area is 117 Å². The van der Waals surface area contributed by atoms with E-state index in [9.17, 15) is 4.79 Å². The van der Waals surface area contributed by atoms with Gasteiger partial charge in [0, 0.05) is 6.54 Å². The largest absolute Gasteiger partial charge is 0.382 e. The third kappa shape index (κ3) is 3.03. The minimum Gasteiger partial charge on any atom is -0.382 e. The average Bonchev–Trinajstić information content (AvgIpc) is 2.47. The van der Waals surface area contributed by atoms with Gasteiger partial charge in [0.25, 0.3) is 0 Å². The molecule has 2 aromatic rings. The first-order valence-electron chi connectivity index (χ1n) is 6.36. The molecule has 1 heterocycles. The summed E-state index contributed by atoms with van der Waals surface area (Å²) in [4.78, 5) is 21.0. The van der Waals surface area contributed by atoms with Crippen molar-refractivity contribution < 1.29 is 4.79 Å². The molecule has 2 rings (SSSR count). The predicted octanol–water partition coefficient (Wildman–Crippen LogP) is 1.65. The highest BCUT2D eigenvalue weighted by Crippen LogP contribution is 2.28. The van der Waals surface area contributed by atoms with Crippen molar-refractivity contribution >= 4 is 23.7 Å². The van der Waals surface area contributed by atoms with Crippen LogP contribution in [0.3, 0.4) is 0 Å². The Morgan fingerprint density at radius 1 is 1.30 bits per heavy atom. The molecule has 0 saturated heterocycles. The van der Waals surface area contributed by atoms with Crippen LogP contribution in [0.5, 0.6) is 0 Å². The van der Waals surface area contributed by atoms with Crippen molar-refractivity contribution in [1.82, 2.24) is 9.97 Å². The number of amides is 1. The molecule has 0 atom stereocenters. The van der Waals surface area contributed by atoms with Crippen molar-refractivity contribution in [2.24, 2.45) is 0 Å². The summed E-state index contributed by atoms with van der Waals surface area (Å²) in [5, 5.41) is 3.09. The third-order valence-electron chi connectivity index (χ3n) is 2.80. The van der Waals surface area contributed by atoms with Gasteiger partial charge in [-0.2, -0.15) is 0 Å². The van der Waals surface area contributed by atoms with E-state index in [0.29, 0.717) is 24.6 Å². The number of benzene rings is 1. The second-order valence-corrected chi connectivity index (χ2v) is 4.21. The zero-order valence-corrected chi connectivity index (χ0v) is 11.3. The zero-order valence-electron chi connectivity index (χ0n) is 11.3. The number of anilines is 3. The number of carbonyl (C=O) groups is 1. The molecule has 1 aromatic heterocycles. The first-order valence-corrected chi connectivity index (χ1v) is 6.36. The third-order valence-corrected chi connectivity index (χ3v) is 2.80. The summed E-state index contributed by atoms with van der Waals surface area (Å²) in [6.45, 7) is 3.05. The fraction of sp³-hybridized carbons (Fsp3) is 0.214. The van der Waals surface area contributed by atoms with Gasteiger partial charge < -0.3 is 16.0 Å². The average molecular weight is 271 g/mol. The number of aromatic nitrogens is 2. The smallest absolute Gasteiger partial charge is 0.214 e. The van der Waals surface area contributed by atoms with E-state index in [1.165, 1.54) is 11.2 Å². The summed E-state index contributed by atoms with van der Waals surface area (Å²) in [7, 11) is 0. The molecule has 0 aliphatic rings. The van der Waals surface area contributed by atoms with Crippen molar-refractivity contribution in [2.75, 3.05) is 22.5 Å². The fourth-order valence-corrected chi connectivity index (χ4v) is 1.92. The minimum absolute atomic E-state index is 0.277. The van der Waals surface area contributed by atoms with E-state index < -0.39 is 0 Å². The Morgan fingerprint density at radius 2 is 2.05 bits per heavy atom. The van der Waals surface area contributed by atoms with Crippen LogP contribution in [0.1, 0.15) is 12.5 Å². The monoisotopic (exact) mass is 271 g/mol. The second kappa shape index (κ2) is 6.51. The summed E-state index contributed by atoms with van der Waals surface area (Å²) >= 11 is 0. The quantitative estimate of drug-likeness (QED) is 0.780. The van der Waals surface area contributed by atoms with Gasteiger partial charge in [-0.15, -0.1) is 0 Å². The summed E-state index contributed by atoms with van der Waals surface area (Å²) in [6, 6.07) is 9.67. The van der Waals surface area contributed by atoms with Gasteiger partial charge in [0.15, 0.2) is 11.6 Å². The van der Waals surface area contributed by atoms with Gasteiger partial charge >= 0.3 is 0 Å². The summed E-state index contributed by atoms with van der Waals surface area (Å²) in [5.74, 6) is 0.835. The number of nitrogens with zero attached hydrogens (tertiary/aromatic N) is 3. The number of hydrogen-bond donors (Lipinski definition) is 2. The van der Waals surface area contributed by atoms with Crippen molar-refractivity contribution in [2.45, 2.75) is 13.5 Å². The molecule has 0 aliphatic carbocycles. The Bertz CT molecular complexity index is 573. The SMILES string of the molecule is CCNc1ncnc(N)c1N(C=O)Cc1ccccc1. The van der Waals surface area contributed by atoms with Gasteiger partial charge in [0.1, 0.15) is 12.0 Å². The standard InChI is InChI=1S/C14H17N5O/c1-2-16-14-12(13(15)17-9-18-14)19(10-20)8-11-6-4-3-5-7-11/h3-7,9-10H,2,8H2,1H3,(H3,15,16,17,18).